The van der Waals surface area contributed by atoms with Gasteiger partial charge in [-0.05, 0) is 25.0 Å². The SMILES string of the molecule is Nc1ncnc2c1c(C#Cc1c(F)cc(N3CCC3)cc1F)cn2[C@@H]1C[C@H](CNS(N)(=O)=O)[C@@H](O)[C@H]1O. The summed E-state index contributed by atoms with van der Waals surface area (Å²) in [5.74, 6) is 3.15. The van der Waals surface area contributed by atoms with Gasteiger partial charge in [-0.2, -0.15) is 8.42 Å². The molecule has 2 fully saturated rings. The van der Waals surface area contributed by atoms with Gasteiger partial charge in [0, 0.05) is 37.4 Å². The Bertz CT molecular complexity index is 1510. The van der Waals surface area contributed by atoms with Crippen LogP contribution in [-0.2, 0) is 10.2 Å². The number of hydrogen-bond acceptors (Lipinski definition) is 8. The third-order valence-corrected chi connectivity index (χ3v) is 7.45. The van der Waals surface area contributed by atoms with Gasteiger partial charge in [0.25, 0.3) is 10.2 Å². The molecule has 1 aromatic carbocycles. The number of fused-ring (bicyclic) bond motifs is 1. The van der Waals surface area contributed by atoms with Crippen molar-refractivity contribution in [2.75, 3.05) is 30.3 Å². The van der Waals surface area contributed by atoms with E-state index in [1.165, 1.54) is 24.7 Å². The highest BCUT2D eigenvalue weighted by molar-refractivity contribution is 7.87. The first-order valence-electron chi connectivity index (χ1n) is 11.5. The molecule has 5 rings (SSSR count). The number of hydrogen-bond donors (Lipinski definition) is 5. The van der Waals surface area contributed by atoms with E-state index in [1.807, 2.05) is 4.90 Å². The van der Waals surface area contributed by atoms with E-state index < -0.39 is 51.6 Å². The van der Waals surface area contributed by atoms with Crippen molar-refractivity contribution in [3.8, 4) is 11.8 Å². The van der Waals surface area contributed by atoms with Crippen LogP contribution in [0.4, 0.5) is 20.3 Å². The van der Waals surface area contributed by atoms with Crippen LogP contribution in [0.2, 0.25) is 0 Å². The van der Waals surface area contributed by atoms with Crippen LogP contribution in [0.25, 0.3) is 11.0 Å². The molecule has 3 aromatic rings. The Hall–Kier alpha value is -3.35. The summed E-state index contributed by atoms with van der Waals surface area (Å²) in [5, 5.41) is 26.5. The Balaban J connectivity index is 1.50. The maximum atomic E-state index is 14.7. The molecular formula is C23H25F2N7O4S. The highest BCUT2D eigenvalue weighted by Gasteiger charge is 2.43. The first-order chi connectivity index (χ1) is 17.5. The number of nitrogens with one attached hydrogen (secondary N) is 1. The Morgan fingerprint density at radius 3 is 2.46 bits per heavy atom. The van der Waals surface area contributed by atoms with E-state index in [0.29, 0.717) is 16.7 Å². The monoisotopic (exact) mass is 533 g/mol. The van der Waals surface area contributed by atoms with E-state index in [-0.39, 0.29) is 24.3 Å². The van der Waals surface area contributed by atoms with Crippen LogP contribution in [0.5, 0.6) is 0 Å². The molecule has 0 radical (unpaired) electrons. The average Bonchev–Trinajstić information content (AvgIpc) is 3.28. The highest BCUT2D eigenvalue weighted by atomic mass is 32.2. The molecule has 0 unspecified atom stereocenters. The largest absolute Gasteiger partial charge is 0.390 e. The number of aromatic nitrogens is 3. The van der Waals surface area contributed by atoms with Gasteiger partial charge < -0.3 is 25.4 Å². The van der Waals surface area contributed by atoms with Gasteiger partial charge >= 0.3 is 0 Å². The Morgan fingerprint density at radius 2 is 1.84 bits per heavy atom. The molecule has 3 heterocycles. The molecule has 2 aliphatic rings. The molecule has 1 aliphatic carbocycles. The van der Waals surface area contributed by atoms with E-state index in [9.17, 15) is 27.4 Å². The summed E-state index contributed by atoms with van der Waals surface area (Å²) < 4.78 is 55.7. The number of nitrogens with zero attached hydrogens (tertiary/aromatic N) is 4. The topological polar surface area (TPSA) is 173 Å². The van der Waals surface area contributed by atoms with Crippen LogP contribution in [0.15, 0.2) is 24.7 Å². The quantitative estimate of drug-likeness (QED) is 0.285. The van der Waals surface area contributed by atoms with Gasteiger partial charge in [0.1, 0.15) is 35.5 Å². The maximum Gasteiger partial charge on any atom is 0.274 e. The lowest BCUT2D eigenvalue weighted by atomic mass is 10.1. The molecule has 14 heteroatoms. The Kier molecular flexibility index (Phi) is 6.50. The zero-order valence-corrected chi connectivity index (χ0v) is 20.3. The second-order valence-corrected chi connectivity index (χ2v) is 10.6. The zero-order valence-electron chi connectivity index (χ0n) is 19.5. The van der Waals surface area contributed by atoms with Crippen molar-refractivity contribution in [3.05, 3.63) is 47.4 Å². The second-order valence-electron chi connectivity index (χ2n) is 9.22. The molecule has 196 valence electrons. The van der Waals surface area contributed by atoms with E-state index in [2.05, 4.69) is 26.5 Å². The summed E-state index contributed by atoms with van der Waals surface area (Å²) in [6, 6.07) is 1.77. The van der Waals surface area contributed by atoms with Crippen LogP contribution in [0, 0.1) is 29.4 Å². The van der Waals surface area contributed by atoms with Crippen molar-refractivity contribution < 1.29 is 27.4 Å². The van der Waals surface area contributed by atoms with Gasteiger partial charge in [0.05, 0.1) is 28.7 Å². The first-order valence-corrected chi connectivity index (χ1v) is 13.1. The minimum atomic E-state index is -3.99. The minimum absolute atomic E-state index is 0.0719. The fourth-order valence-corrected chi connectivity index (χ4v) is 5.27. The summed E-state index contributed by atoms with van der Waals surface area (Å²) in [4.78, 5) is 10.1. The van der Waals surface area contributed by atoms with Crippen molar-refractivity contribution in [2.24, 2.45) is 11.1 Å². The number of anilines is 2. The molecule has 1 aliphatic heterocycles. The summed E-state index contributed by atoms with van der Waals surface area (Å²) in [6.45, 7) is 1.30. The number of nitrogen functional groups attached to an aromatic ring is 1. The lowest BCUT2D eigenvalue weighted by Crippen LogP contribution is -2.38. The summed E-state index contributed by atoms with van der Waals surface area (Å²) >= 11 is 0. The molecule has 2 aromatic heterocycles. The van der Waals surface area contributed by atoms with Gasteiger partial charge in [0.15, 0.2) is 0 Å². The average molecular weight is 534 g/mol. The van der Waals surface area contributed by atoms with Crippen molar-refractivity contribution in [3.63, 3.8) is 0 Å². The summed E-state index contributed by atoms with van der Waals surface area (Å²) in [7, 11) is -3.99. The van der Waals surface area contributed by atoms with E-state index in [4.69, 9.17) is 10.9 Å². The van der Waals surface area contributed by atoms with Gasteiger partial charge in [-0.3, -0.25) is 0 Å². The van der Waals surface area contributed by atoms with E-state index in [0.717, 1.165) is 19.5 Å². The molecule has 1 saturated carbocycles. The van der Waals surface area contributed by atoms with Crippen molar-refractivity contribution in [1.29, 1.82) is 0 Å². The zero-order chi connectivity index (χ0) is 26.5. The number of benzene rings is 1. The summed E-state index contributed by atoms with van der Waals surface area (Å²) in [6.07, 6.45) is 1.35. The molecule has 0 bridgehead atoms. The van der Waals surface area contributed by atoms with Crippen LogP contribution in [0.1, 0.15) is 30.0 Å². The van der Waals surface area contributed by atoms with E-state index >= 15 is 0 Å². The van der Waals surface area contributed by atoms with Gasteiger partial charge in [0.2, 0.25) is 0 Å². The Morgan fingerprint density at radius 1 is 1.14 bits per heavy atom. The fourth-order valence-electron chi connectivity index (χ4n) is 4.82. The van der Waals surface area contributed by atoms with Crippen LogP contribution < -0.4 is 20.5 Å². The van der Waals surface area contributed by atoms with Crippen LogP contribution >= 0.6 is 0 Å². The molecule has 0 spiro atoms. The van der Waals surface area contributed by atoms with Gasteiger partial charge in [-0.1, -0.05) is 11.8 Å². The number of halogens is 2. The predicted octanol–water partition coefficient (Wildman–Crippen LogP) is -0.0225. The smallest absolute Gasteiger partial charge is 0.274 e. The molecule has 1 saturated heterocycles. The number of rotatable bonds is 5. The lowest BCUT2D eigenvalue weighted by molar-refractivity contribution is 0.00769. The molecule has 37 heavy (non-hydrogen) atoms. The van der Waals surface area contributed by atoms with Crippen molar-refractivity contribution in [2.45, 2.75) is 31.1 Å². The number of aliphatic hydroxyl groups is 2. The van der Waals surface area contributed by atoms with Gasteiger partial charge in [-0.25, -0.2) is 28.6 Å². The Labute approximate surface area is 211 Å². The second kappa shape index (κ2) is 9.51. The summed E-state index contributed by atoms with van der Waals surface area (Å²) in [5.41, 5.74) is 6.70. The third kappa shape index (κ3) is 4.83. The number of nitrogens with two attached hydrogens (primary N) is 2. The predicted molar refractivity (Wildman–Crippen MR) is 131 cm³/mol. The minimum Gasteiger partial charge on any atom is -0.390 e. The van der Waals surface area contributed by atoms with Crippen molar-refractivity contribution >= 4 is 32.7 Å². The first kappa shape index (κ1) is 25.3. The van der Waals surface area contributed by atoms with Gasteiger partial charge in [-0.15, -0.1) is 0 Å². The lowest BCUT2D eigenvalue weighted by Gasteiger charge is -2.33. The molecular weight excluding hydrogens is 508 g/mol. The standard InChI is InChI=1S/C23H25F2N7O4S/c24-16-7-14(31-4-1-5-31)8-17(25)15(16)3-2-12-10-32(23-19(12)22(26)28-11-29-23)18-6-13(20(33)21(18)34)9-30-37(27,35)36/h7-8,10-11,13,18,20-21,30,33-34H,1,4-6,9H2,(H2,26,28,29)(H2,27,35,36)/t13-,18-,20-,21+/m1/s1. The third-order valence-electron chi connectivity index (χ3n) is 6.88. The van der Waals surface area contributed by atoms with Crippen LogP contribution in [-0.4, -0.2) is 65.0 Å². The normalized spacial score (nSPS) is 23.6. The molecule has 7 N–H and O–H groups in total. The van der Waals surface area contributed by atoms with Crippen molar-refractivity contribution in [1.82, 2.24) is 19.3 Å². The van der Waals surface area contributed by atoms with E-state index in [1.54, 1.807) is 4.57 Å². The van der Waals surface area contributed by atoms with Crippen LogP contribution in [0.3, 0.4) is 0 Å². The molecule has 11 nitrogen and oxygen atoms in total. The highest BCUT2D eigenvalue weighted by Crippen LogP contribution is 2.38. The molecule has 4 atom stereocenters. The number of aliphatic hydroxyl groups excluding tert-OH is 2. The molecule has 0 amide bonds. The maximum absolute atomic E-state index is 14.7. The fraction of sp³-hybridized carbons (Fsp3) is 0.391.